The molecule has 0 atom stereocenters. The predicted octanol–water partition coefficient (Wildman–Crippen LogP) is 3.22. The molecule has 0 unspecified atom stereocenters. The number of aryl methyl sites for hydroxylation is 1. The van der Waals surface area contributed by atoms with Gasteiger partial charge in [0.1, 0.15) is 10.6 Å². The SMILES string of the molecule is CCOc1ccccc1N1CCN(c2nc(CC)c(C(=O)OC)s2)CC1. The fourth-order valence-corrected chi connectivity index (χ4v) is 4.23. The number of para-hydroxylation sites is 2. The Morgan fingerprint density at radius 1 is 1.15 bits per heavy atom. The Morgan fingerprint density at radius 3 is 2.50 bits per heavy atom. The third-order valence-electron chi connectivity index (χ3n) is 4.45. The van der Waals surface area contributed by atoms with E-state index >= 15 is 0 Å². The van der Waals surface area contributed by atoms with Gasteiger partial charge in [0.2, 0.25) is 0 Å². The summed E-state index contributed by atoms with van der Waals surface area (Å²) in [7, 11) is 1.41. The molecule has 2 heterocycles. The standard InChI is InChI=1S/C19H25N3O3S/c1-4-14-17(18(23)24-3)26-19(20-14)22-12-10-21(11-13-22)15-8-6-7-9-16(15)25-5-2/h6-9H,4-5,10-13H2,1-3H3. The van der Waals surface area contributed by atoms with Gasteiger partial charge in [-0.2, -0.15) is 0 Å². The summed E-state index contributed by atoms with van der Waals surface area (Å²) in [6, 6.07) is 8.17. The van der Waals surface area contributed by atoms with Gasteiger partial charge in [0.25, 0.3) is 0 Å². The number of carbonyl (C=O) groups is 1. The smallest absolute Gasteiger partial charge is 0.350 e. The van der Waals surface area contributed by atoms with E-state index in [0.29, 0.717) is 11.5 Å². The van der Waals surface area contributed by atoms with Crippen LogP contribution in [0.25, 0.3) is 0 Å². The molecule has 0 radical (unpaired) electrons. The molecule has 7 heteroatoms. The number of hydrogen-bond acceptors (Lipinski definition) is 7. The zero-order valence-electron chi connectivity index (χ0n) is 15.5. The van der Waals surface area contributed by atoms with Crippen molar-refractivity contribution in [2.75, 3.05) is 49.7 Å². The number of hydrogen-bond donors (Lipinski definition) is 0. The zero-order valence-corrected chi connectivity index (χ0v) is 16.3. The minimum absolute atomic E-state index is 0.296. The van der Waals surface area contributed by atoms with Crippen LogP contribution in [0.5, 0.6) is 5.75 Å². The van der Waals surface area contributed by atoms with E-state index in [9.17, 15) is 4.79 Å². The molecular weight excluding hydrogens is 350 g/mol. The number of thiazole rings is 1. The van der Waals surface area contributed by atoms with E-state index in [0.717, 1.165) is 54.9 Å². The van der Waals surface area contributed by atoms with Gasteiger partial charge >= 0.3 is 5.97 Å². The average molecular weight is 375 g/mol. The first-order chi connectivity index (χ1) is 12.7. The molecule has 0 saturated carbocycles. The molecule has 6 nitrogen and oxygen atoms in total. The number of benzene rings is 1. The maximum absolute atomic E-state index is 11.9. The highest BCUT2D eigenvalue weighted by molar-refractivity contribution is 7.17. The molecule has 140 valence electrons. The third-order valence-corrected chi connectivity index (χ3v) is 5.59. The number of esters is 1. The number of methoxy groups -OCH3 is 1. The molecule has 1 aliphatic heterocycles. The zero-order chi connectivity index (χ0) is 18.5. The van der Waals surface area contributed by atoms with Crippen molar-refractivity contribution in [3.8, 4) is 5.75 Å². The second-order valence-electron chi connectivity index (χ2n) is 5.99. The Bertz CT molecular complexity index is 754. The van der Waals surface area contributed by atoms with Crippen molar-refractivity contribution in [1.82, 2.24) is 4.98 Å². The molecule has 2 aromatic rings. The fourth-order valence-electron chi connectivity index (χ4n) is 3.10. The van der Waals surface area contributed by atoms with Crippen molar-refractivity contribution in [3.63, 3.8) is 0 Å². The van der Waals surface area contributed by atoms with Crippen molar-refractivity contribution in [2.45, 2.75) is 20.3 Å². The van der Waals surface area contributed by atoms with Gasteiger partial charge in [-0.3, -0.25) is 0 Å². The molecule has 1 aliphatic rings. The van der Waals surface area contributed by atoms with E-state index in [1.165, 1.54) is 18.4 Å². The summed E-state index contributed by atoms with van der Waals surface area (Å²) >= 11 is 1.43. The second-order valence-corrected chi connectivity index (χ2v) is 6.97. The Kier molecular flexibility index (Phi) is 5.98. The van der Waals surface area contributed by atoms with E-state index < -0.39 is 0 Å². The van der Waals surface area contributed by atoms with Crippen LogP contribution in [0.4, 0.5) is 10.8 Å². The maximum Gasteiger partial charge on any atom is 0.350 e. The van der Waals surface area contributed by atoms with Gasteiger partial charge in [-0.05, 0) is 25.5 Å². The summed E-state index contributed by atoms with van der Waals surface area (Å²) in [6.07, 6.45) is 0.725. The van der Waals surface area contributed by atoms with Crippen LogP contribution in [-0.2, 0) is 11.2 Å². The normalized spacial score (nSPS) is 14.4. The summed E-state index contributed by atoms with van der Waals surface area (Å²) in [5.41, 5.74) is 1.96. The summed E-state index contributed by atoms with van der Waals surface area (Å²) < 4.78 is 10.6. The summed E-state index contributed by atoms with van der Waals surface area (Å²) in [6.45, 7) is 8.16. The van der Waals surface area contributed by atoms with Crippen molar-refractivity contribution < 1.29 is 14.3 Å². The van der Waals surface area contributed by atoms with E-state index in [1.54, 1.807) is 0 Å². The van der Waals surface area contributed by atoms with Crippen molar-refractivity contribution in [2.24, 2.45) is 0 Å². The van der Waals surface area contributed by atoms with Crippen molar-refractivity contribution in [1.29, 1.82) is 0 Å². The average Bonchev–Trinajstić information content (AvgIpc) is 3.13. The Morgan fingerprint density at radius 2 is 1.85 bits per heavy atom. The molecule has 1 aromatic heterocycles. The van der Waals surface area contributed by atoms with E-state index in [2.05, 4.69) is 20.9 Å². The molecule has 1 aromatic carbocycles. The van der Waals surface area contributed by atoms with Crippen LogP contribution in [0.2, 0.25) is 0 Å². The van der Waals surface area contributed by atoms with E-state index in [4.69, 9.17) is 9.47 Å². The Balaban J connectivity index is 1.71. The Labute approximate surface area is 158 Å². The number of anilines is 2. The number of ether oxygens (including phenoxy) is 2. The summed E-state index contributed by atoms with van der Waals surface area (Å²) in [4.78, 5) is 21.8. The largest absolute Gasteiger partial charge is 0.492 e. The molecule has 1 fully saturated rings. The Hall–Kier alpha value is -2.28. The molecule has 0 N–H and O–H groups in total. The molecule has 0 amide bonds. The van der Waals surface area contributed by atoms with Gasteiger partial charge in [0, 0.05) is 26.2 Å². The molecule has 1 saturated heterocycles. The van der Waals surface area contributed by atoms with Crippen LogP contribution in [0, 0.1) is 0 Å². The number of rotatable bonds is 6. The fraction of sp³-hybridized carbons (Fsp3) is 0.474. The molecule has 3 rings (SSSR count). The quantitative estimate of drug-likeness (QED) is 0.723. The highest BCUT2D eigenvalue weighted by Crippen LogP contribution is 2.32. The first-order valence-electron chi connectivity index (χ1n) is 8.97. The minimum Gasteiger partial charge on any atom is -0.492 e. The van der Waals surface area contributed by atoms with Gasteiger partial charge in [-0.25, -0.2) is 9.78 Å². The van der Waals surface area contributed by atoms with Crippen LogP contribution in [-0.4, -0.2) is 50.8 Å². The molecule has 26 heavy (non-hydrogen) atoms. The highest BCUT2D eigenvalue weighted by Gasteiger charge is 2.24. The molecule has 0 spiro atoms. The lowest BCUT2D eigenvalue weighted by molar-refractivity contribution is 0.0605. The molecular formula is C19H25N3O3S. The monoisotopic (exact) mass is 375 g/mol. The van der Waals surface area contributed by atoms with Crippen LogP contribution in [0.1, 0.15) is 29.2 Å². The lowest BCUT2D eigenvalue weighted by Gasteiger charge is -2.36. The first kappa shape index (κ1) is 18.5. The van der Waals surface area contributed by atoms with Crippen LogP contribution in [0.15, 0.2) is 24.3 Å². The molecule has 0 aliphatic carbocycles. The van der Waals surface area contributed by atoms with Crippen molar-refractivity contribution in [3.05, 3.63) is 34.8 Å². The topological polar surface area (TPSA) is 54.9 Å². The van der Waals surface area contributed by atoms with Gasteiger partial charge in [0.15, 0.2) is 5.13 Å². The summed E-state index contributed by atoms with van der Waals surface area (Å²) in [5, 5.41) is 0.903. The van der Waals surface area contributed by atoms with E-state index in [-0.39, 0.29) is 5.97 Å². The van der Waals surface area contributed by atoms with Gasteiger partial charge in [-0.15, -0.1) is 0 Å². The summed E-state index contributed by atoms with van der Waals surface area (Å²) in [5.74, 6) is 0.633. The molecule has 0 bridgehead atoms. The third kappa shape index (κ3) is 3.77. The highest BCUT2D eigenvalue weighted by atomic mass is 32.1. The number of piperazine rings is 1. The lowest BCUT2D eigenvalue weighted by Crippen LogP contribution is -2.46. The maximum atomic E-state index is 11.9. The van der Waals surface area contributed by atoms with Gasteiger partial charge < -0.3 is 19.3 Å². The number of nitrogens with zero attached hydrogens (tertiary/aromatic N) is 3. The first-order valence-corrected chi connectivity index (χ1v) is 9.79. The van der Waals surface area contributed by atoms with Crippen LogP contribution in [0.3, 0.4) is 0 Å². The van der Waals surface area contributed by atoms with E-state index in [1.807, 2.05) is 32.0 Å². The van der Waals surface area contributed by atoms with Crippen molar-refractivity contribution >= 4 is 28.1 Å². The number of aromatic nitrogens is 1. The van der Waals surface area contributed by atoms with Gasteiger partial charge in [-0.1, -0.05) is 30.4 Å². The predicted molar refractivity (Wildman–Crippen MR) is 105 cm³/mol. The minimum atomic E-state index is -0.296. The number of carbonyl (C=O) groups excluding carboxylic acids is 1. The second kappa shape index (κ2) is 8.40. The van der Waals surface area contributed by atoms with Gasteiger partial charge in [0.05, 0.1) is 25.1 Å². The van der Waals surface area contributed by atoms with Crippen LogP contribution >= 0.6 is 11.3 Å². The lowest BCUT2D eigenvalue weighted by atomic mass is 10.2. The van der Waals surface area contributed by atoms with Crippen LogP contribution < -0.4 is 14.5 Å².